The zero-order valence-corrected chi connectivity index (χ0v) is 12.6. The molecular formula is C18H16N2O3. The summed E-state index contributed by atoms with van der Waals surface area (Å²) >= 11 is 0. The fraction of sp³-hybridized carbons (Fsp3) is 0.111. The van der Waals surface area contributed by atoms with Gasteiger partial charge in [-0.25, -0.2) is 4.98 Å². The van der Waals surface area contributed by atoms with Gasteiger partial charge in [0.25, 0.3) is 0 Å². The molecule has 0 aliphatic heterocycles. The zero-order chi connectivity index (χ0) is 16.2. The zero-order valence-electron chi connectivity index (χ0n) is 12.6. The maximum absolute atomic E-state index is 12.4. The van der Waals surface area contributed by atoms with E-state index in [0.29, 0.717) is 16.9 Å². The van der Waals surface area contributed by atoms with Crippen LogP contribution in [0.4, 0.5) is 0 Å². The standard InChI is InChI=1S/C18H16N2O3/c1-23-16-8-4-14(5-9-16)18(22)17(21)13-2-6-15(7-3-13)20-11-10-19-12-20/h2-12,17,21H,1H3. The summed E-state index contributed by atoms with van der Waals surface area (Å²) in [5, 5.41) is 10.3. The maximum atomic E-state index is 12.4. The third kappa shape index (κ3) is 3.14. The van der Waals surface area contributed by atoms with Crippen LogP contribution in [0.3, 0.4) is 0 Å². The molecule has 1 atom stereocenters. The summed E-state index contributed by atoms with van der Waals surface area (Å²) in [5.74, 6) is 0.323. The van der Waals surface area contributed by atoms with Gasteiger partial charge in [-0.1, -0.05) is 12.1 Å². The van der Waals surface area contributed by atoms with Gasteiger partial charge < -0.3 is 14.4 Å². The summed E-state index contributed by atoms with van der Waals surface area (Å²) < 4.78 is 6.91. The van der Waals surface area contributed by atoms with E-state index in [2.05, 4.69) is 4.98 Å². The van der Waals surface area contributed by atoms with Crippen LogP contribution in [0, 0.1) is 0 Å². The minimum absolute atomic E-state index is 0.344. The molecule has 1 N–H and O–H groups in total. The first kappa shape index (κ1) is 15.0. The van der Waals surface area contributed by atoms with Crippen LogP contribution in [0.15, 0.2) is 67.3 Å². The lowest BCUT2D eigenvalue weighted by atomic mass is 10.00. The van der Waals surface area contributed by atoms with Crippen LogP contribution >= 0.6 is 0 Å². The number of aromatic nitrogens is 2. The van der Waals surface area contributed by atoms with Crippen LogP contribution in [0.5, 0.6) is 5.75 Å². The molecule has 3 aromatic rings. The number of Topliss-reactive ketones (excluding diaryl/α,β-unsaturated/α-hetero) is 1. The van der Waals surface area contributed by atoms with Crippen molar-refractivity contribution < 1.29 is 14.6 Å². The van der Waals surface area contributed by atoms with Crippen LogP contribution in [0.2, 0.25) is 0 Å². The molecule has 1 aromatic heterocycles. The number of carbonyl (C=O) groups is 1. The molecule has 1 unspecified atom stereocenters. The molecule has 3 rings (SSSR count). The number of methoxy groups -OCH3 is 1. The van der Waals surface area contributed by atoms with Crippen molar-refractivity contribution in [3.63, 3.8) is 0 Å². The second-order valence-electron chi connectivity index (χ2n) is 5.06. The number of rotatable bonds is 5. The molecule has 0 amide bonds. The van der Waals surface area contributed by atoms with Crippen LogP contribution < -0.4 is 4.74 Å². The molecule has 0 fully saturated rings. The molecule has 0 spiro atoms. The highest BCUT2D eigenvalue weighted by molar-refractivity contribution is 5.99. The van der Waals surface area contributed by atoms with Crippen molar-refractivity contribution in [2.75, 3.05) is 7.11 Å². The number of aliphatic hydroxyl groups is 1. The predicted octanol–water partition coefficient (Wildman–Crippen LogP) is 2.80. The fourth-order valence-electron chi connectivity index (χ4n) is 2.31. The van der Waals surface area contributed by atoms with Crippen molar-refractivity contribution in [2.45, 2.75) is 6.10 Å². The summed E-state index contributed by atoms with van der Waals surface area (Å²) in [6.45, 7) is 0. The number of hydrogen-bond donors (Lipinski definition) is 1. The summed E-state index contributed by atoms with van der Waals surface area (Å²) in [7, 11) is 1.56. The molecule has 5 nitrogen and oxygen atoms in total. The van der Waals surface area contributed by atoms with Crippen molar-refractivity contribution >= 4 is 5.78 Å². The first-order chi connectivity index (χ1) is 11.2. The van der Waals surface area contributed by atoms with Crippen molar-refractivity contribution in [1.82, 2.24) is 9.55 Å². The largest absolute Gasteiger partial charge is 0.497 e. The number of imidazole rings is 1. The monoisotopic (exact) mass is 308 g/mol. The number of benzene rings is 2. The number of ketones is 1. The molecule has 0 aliphatic carbocycles. The van der Waals surface area contributed by atoms with Crippen molar-refractivity contribution in [2.24, 2.45) is 0 Å². The summed E-state index contributed by atoms with van der Waals surface area (Å²) in [6.07, 6.45) is 4.01. The Bertz CT molecular complexity index is 778. The number of ether oxygens (including phenoxy) is 1. The van der Waals surface area contributed by atoms with Crippen LogP contribution in [0.25, 0.3) is 5.69 Å². The quantitative estimate of drug-likeness (QED) is 0.736. The number of hydrogen-bond acceptors (Lipinski definition) is 4. The van der Waals surface area contributed by atoms with Crippen LogP contribution in [-0.4, -0.2) is 27.6 Å². The molecule has 116 valence electrons. The average molecular weight is 308 g/mol. The van der Waals surface area contributed by atoms with Gasteiger partial charge in [0.05, 0.1) is 13.4 Å². The molecule has 0 bridgehead atoms. The van der Waals surface area contributed by atoms with Crippen LogP contribution in [0.1, 0.15) is 22.0 Å². The topological polar surface area (TPSA) is 64.3 Å². The van der Waals surface area contributed by atoms with Crippen molar-refractivity contribution in [1.29, 1.82) is 0 Å². The molecule has 1 heterocycles. The SMILES string of the molecule is COc1ccc(C(=O)C(O)c2ccc(-n3ccnc3)cc2)cc1. The van der Waals surface area contributed by atoms with E-state index in [-0.39, 0.29) is 5.78 Å². The Labute approximate surface area is 133 Å². The second-order valence-corrected chi connectivity index (χ2v) is 5.06. The van der Waals surface area contributed by atoms with Gasteiger partial charge in [-0.3, -0.25) is 4.79 Å². The highest BCUT2D eigenvalue weighted by Crippen LogP contribution is 2.21. The van der Waals surface area contributed by atoms with E-state index in [1.807, 2.05) is 22.9 Å². The van der Waals surface area contributed by atoms with Gasteiger partial charge in [0.1, 0.15) is 11.9 Å². The van der Waals surface area contributed by atoms with E-state index in [0.717, 1.165) is 5.69 Å². The fourth-order valence-corrected chi connectivity index (χ4v) is 2.31. The third-order valence-corrected chi connectivity index (χ3v) is 3.63. The molecule has 0 saturated carbocycles. The van der Waals surface area contributed by atoms with Gasteiger partial charge in [-0.05, 0) is 42.0 Å². The van der Waals surface area contributed by atoms with E-state index in [1.165, 1.54) is 0 Å². The number of aliphatic hydroxyl groups excluding tert-OH is 1. The van der Waals surface area contributed by atoms with E-state index < -0.39 is 6.10 Å². The van der Waals surface area contributed by atoms with Gasteiger partial charge in [-0.15, -0.1) is 0 Å². The highest BCUT2D eigenvalue weighted by atomic mass is 16.5. The summed E-state index contributed by atoms with van der Waals surface area (Å²) in [4.78, 5) is 16.3. The molecule has 5 heteroatoms. The van der Waals surface area contributed by atoms with Gasteiger partial charge >= 0.3 is 0 Å². The van der Waals surface area contributed by atoms with E-state index in [4.69, 9.17) is 4.74 Å². The predicted molar refractivity (Wildman–Crippen MR) is 85.8 cm³/mol. The van der Waals surface area contributed by atoms with Gasteiger partial charge in [0.2, 0.25) is 0 Å². The number of nitrogens with zero attached hydrogens (tertiary/aromatic N) is 2. The first-order valence-electron chi connectivity index (χ1n) is 7.13. The van der Waals surface area contributed by atoms with E-state index in [9.17, 15) is 9.90 Å². The minimum Gasteiger partial charge on any atom is -0.497 e. The lowest BCUT2D eigenvalue weighted by Gasteiger charge is -2.11. The summed E-state index contributed by atoms with van der Waals surface area (Å²) in [5.41, 5.74) is 1.90. The molecule has 0 aliphatic rings. The van der Waals surface area contributed by atoms with Crippen molar-refractivity contribution in [3.8, 4) is 11.4 Å². The Balaban J connectivity index is 1.78. The van der Waals surface area contributed by atoms with Crippen molar-refractivity contribution in [3.05, 3.63) is 78.4 Å². The lowest BCUT2D eigenvalue weighted by molar-refractivity contribution is 0.0747. The average Bonchev–Trinajstić information content (AvgIpc) is 3.15. The minimum atomic E-state index is -1.19. The highest BCUT2D eigenvalue weighted by Gasteiger charge is 2.19. The van der Waals surface area contributed by atoms with Gasteiger partial charge in [0, 0.05) is 23.6 Å². The molecule has 23 heavy (non-hydrogen) atoms. The van der Waals surface area contributed by atoms with Gasteiger partial charge in [-0.2, -0.15) is 0 Å². The smallest absolute Gasteiger partial charge is 0.195 e. The normalized spacial score (nSPS) is 11.9. The Morgan fingerprint density at radius 1 is 1.13 bits per heavy atom. The molecular weight excluding hydrogens is 292 g/mol. The third-order valence-electron chi connectivity index (χ3n) is 3.63. The molecule has 2 aromatic carbocycles. The van der Waals surface area contributed by atoms with Gasteiger partial charge in [0.15, 0.2) is 5.78 Å². The summed E-state index contributed by atoms with van der Waals surface area (Å²) in [6, 6.07) is 13.8. The first-order valence-corrected chi connectivity index (χ1v) is 7.13. The lowest BCUT2D eigenvalue weighted by Crippen LogP contribution is -2.12. The molecule has 0 radical (unpaired) electrons. The maximum Gasteiger partial charge on any atom is 0.195 e. The van der Waals surface area contributed by atoms with E-state index >= 15 is 0 Å². The molecule has 0 saturated heterocycles. The Morgan fingerprint density at radius 2 is 1.83 bits per heavy atom. The van der Waals surface area contributed by atoms with E-state index in [1.54, 1.807) is 56.0 Å². The second kappa shape index (κ2) is 6.46. The number of carbonyl (C=O) groups excluding carboxylic acids is 1. The Morgan fingerprint density at radius 3 is 2.39 bits per heavy atom. The van der Waals surface area contributed by atoms with Crippen LogP contribution in [-0.2, 0) is 0 Å². The Kier molecular flexibility index (Phi) is 4.21. The Hall–Kier alpha value is -2.92.